The van der Waals surface area contributed by atoms with Crippen molar-refractivity contribution in [2.45, 2.75) is 66.2 Å². The van der Waals surface area contributed by atoms with Crippen LogP contribution in [0.2, 0.25) is 0 Å². The van der Waals surface area contributed by atoms with E-state index >= 15 is 0 Å². The summed E-state index contributed by atoms with van der Waals surface area (Å²) in [6, 6.07) is 0. The molecule has 114 valence electrons. The van der Waals surface area contributed by atoms with Crippen molar-refractivity contribution in [3.8, 4) is 0 Å². The van der Waals surface area contributed by atoms with E-state index in [-0.39, 0.29) is 0 Å². The molecule has 0 aromatic heterocycles. The van der Waals surface area contributed by atoms with Gasteiger partial charge in [0.05, 0.1) is 0 Å². The number of nitrogens with zero attached hydrogens (tertiary/aromatic N) is 1. The Morgan fingerprint density at radius 3 is 2.45 bits per heavy atom. The van der Waals surface area contributed by atoms with Gasteiger partial charge in [-0.25, -0.2) is 0 Å². The Labute approximate surface area is 124 Å². The molecule has 0 aromatic carbocycles. The lowest BCUT2D eigenvalue weighted by Crippen LogP contribution is -2.33. The summed E-state index contributed by atoms with van der Waals surface area (Å²) in [4.78, 5) is 14.3. The molecule has 1 rings (SSSR count). The van der Waals surface area contributed by atoms with E-state index in [0.29, 0.717) is 11.8 Å². The van der Waals surface area contributed by atoms with Gasteiger partial charge in [-0.2, -0.15) is 0 Å². The molecular formula is C18H31NO. The Balaban J connectivity index is 2.42. The number of carbonyl (C=O) groups is 1. The maximum absolute atomic E-state index is 12.2. The van der Waals surface area contributed by atoms with Gasteiger partial charge in [-0.1, -0.05) is 36.6 Å². The maximum Gasteiger partial charge on any atom is 0.225 e. The molecule has 0 saturated heterocycles. The molecule has 0 unspecified atom stereocenters. The third-order valence-corrected chi connectivity index (χ3v) is 3.77. The van der Waals surface area contributed by atoms with E-state index in [2.05, 4.69) is 44.7 Å². The summed E-state index contributed by atoms with van der Waals surface area (Å²) in [7, 11) is 0. The molecular weight excluding hydrogens is 246 g/mol. The molecule has 2 heteroatoms. The molecule has 0 atom stereocenters. The Bertz CT molecular complexity index is 360. The van der Waals surface area contributed by atoms with Gasteiger partial charge in [0.2, 0.25) is 5.91 Å². The quantitative estimate of drug-likeness (QED) is 0.558. The van der Waals surface area contributed by atoms with Crippen LogP contribution in [0.15, 0.2) is 23.3 Å². The molecule has 0 N–H and O–H groups in total. The zero-order chi connectivity index (χ0) is 15.0. The predicted molar refractivity (Wildman–Crippen MR) is 86.6 cm³/mol. The fourth-order valence-corrected chi connectivity index (χ4v) is 2.19. The molecule has 0 heterocycles. The highest BCUT2D eigenvalue weighted by molar-refractivity contribution is 5.81. The smallest absolute Gasteiger partial charge is 0.225 e. The molecule has 0 bridgehead atoms. The predicted octanol–water partition coefficient (Wildman–Crippen LogP) is 4.72. The van der Waals surface area contributed by atoms with Crippen LogP contribution in [-0.2, 0) is 4.79 Å². The van der Waals surface area contributed by atoms with Gasteiger partial charge < -0.3 is 4.90 Å². The number of unbranched alkanes of at least 4 members (excludes halogenated alkanes) is 1. The molecule has 0 aromatic rings. The molecule has 20 heavy (non-hydrogen) atoms. The van der Waals surface area contributed by atoms with Crippen molar-refractivity contribution >= 4 is 5.91 Å². The summed E-state index contributed by atoms with van der Waals surface area (Å²) < 4.78 is 0. The summed E-state index contributed by atoms with van der Waals surface area (Å²) in [5, 5.41) is 0. The first-order chi connectivity index (χ1) is 9.54. The normalized spacial score (nSPS) is 15.1. The lowest BCUT2D eigenvalue weighted by atomic mass is 10.1. The summed E-state index contributed by atoms with van der Waals surface area (Å²) in [6.45, 7) is 10.4. The first-order valence-electron chi connectivity index (χ1n) is 8.12. The number of rotatable bonds is 9. The standard InChI is InChI=1S/C18H31NO/c1-5-6-13-19(18(20)17-10-11-17)14-12-16(4)9-7-8-15(2)3/h8,12,17H,5-7,9-11,13-14H2,1-4H3/b16-12+. The van der Waals surface area contributed by atoms with E-state index in [0.717, 1.165) is 51.6 Å². The van der Waals surface area contributed by atoms with Crippen molar-refractivity contribution in [3.05, 3.63) is 23.3 Å². The summed E-state index contributed by atoms with van der Waals surface area (Å²) in [6.07, 6.45) is 11.2. The van der Waals surface area contributed by atoms with Gasteiger partial charge in [0.15, 0.2) is 0 Å². The second kappa shape index (κ2) is 8.99. The van der Waals surface area contributed by atoms with Gasteiger partial charge in [-0.15, -0.1) is 0 Å². The van der Waals surface area contributed by atoms with Crippen LogP contribution in [0.25, 0.3) is 0 Å². The summed E-state index contributed by atoms with van der Waals surface area (Å²) in [5.74, 6) is 0.720. The molecule has 2 nitrogen and oxygen atoms in total. The van der Waals surface area contributed by atoms with E-state index < -0.39 is 0 Å². The Hall–Kier alpha value is -1.05. The lowest BCUT2D eigenvalue weighted by Gasteiger charge is -2.21. The first kappa shape index (κ1) is 17.0. The molecule has 0 radical (unpaired) electrons. The second-order valence-corrected chi connectivity index (χ2v) is 6.28. The molecule has 0 spiro atoms. The lowest BCUT2D eigenvalue weighted by molar-refractivity contribution is -0.132. The van der Waals surface area contributed by atoms with Crippen molar-refractivity contribution in [3.63, 3.8) is 0 Å². The molecule has 1 fully saturated rings. The van der Waals surface area contributed by atoms with Crippen molar-refractivity contribution in [2.24, 2.45) is 5.92 Å². The van der Waals surface area contributed by atoms with Gasteiger partial charge in [0.25, 0.3) is 0 Å². The zero-order valence-electron chi connectivity index (χ0n) is 13.7. The van der Waals surface area contributed by atoms with Crippen LogP contribution >= 0.6 is 0 Å². The molecule has 1 aliphatic rings. The molecule has 0 aliphatic heterocycles. The van der Waals surface area contributed by atoms with Crippen LogP contribution in [0.4, 0.5) is 0 Å². The molecule has 1 saturated carbocycles. The minimum Gasteiger partial charge on any atom is -0.339 e. The summed E-state index contributed by atoms with van der Waals surface area (Å²) >= 11 is 0. The minimum atomic E-state index is 0.339. The fraction of sp³-hybridized carbons (Fsp3) is 0.722. The zero-order valence-corrected chi connectivity index (χ0v) is 13.7. The third-order valence-electron chi connectivity index (χ3n) is 3.77. The monoisotopic (exact) mass is 277 g/mol. The van der Waals surface area contributed by atoms with Crippen molar-refractivity contribution in [1.82, 2.24) is 4.90 Å². The number of carbonyl (C=O) groups excluding carboxylic acids is 1. The molecule has 1 aliphatic carbocycles. The van der Waals surface area contributed by atoms with Crippen molar-refractivity contribution in [1.29, 1.82) is 0 Å². The Morgan fingerprint density at radius 2 is 1.90 bits per heavy atom. The fourth-order valence-electron chi connectivity index (χ4n) is 2.19. The number of hydrogen-bond acceptors (Lipinski definition) is 1. The van der Waals surface area contributed by atoms with Crippen LogP contribution in [0.3, 0.4) is 0 Å². The number of allylic oxidation sites excluding steroid dienone is 3. The van der Waals surface area contributed by atoms with Gasteiger partial charge in [-0.3, -0.25) is 4.79 Å². The van der Waals surface area contributed by atoms with E-state index in [4.69, 9.17) is 0 Å². The highest BCUT2D eigenvalue weighted by atomic mass is 16.2. The van der Waals surface area contributed by atoms with Crippen LogP contribution in [0, 0.1) is 5.92 Å². The third kappa shape index (κ3) is 6.93. The van der Waals surface area contributed by atoms with E-state index in [1.807, 2.05) is 0 Å². The topological polar surface area (TPSA) is 20.3 Å². The van der Waals surface area contributed by atoms with Crippen LogP contribution in [0.5, 0.6) is 0 Å². The average Bonchev–Trinajstić information content (AvgIpc) is 3.22. The van der Waals surface area contributed by atoms with Gasteiger partial charge in [-0.05, 0) is 52.9 Å². The molecule has 1 amide bonds. The highest BCUT2D eigenvalue weighted by Gasteiger charge is 2.32. The van der Waals surface area contributed by atoms with E-state index in [9.17, 15) is 4.79 Å². The van der Waals surface area contributed by atoms with Crippen LogP contribution in [0.1, 0.15) is 66.2 Å². The maximum atomic E-state index is 12.2. The summed E-state index contributed by atoms with van der Waals surface area (Å²) in [5.41, 5.74) is 2.78. The number of hydrogen-bond donors (Lipinski definition) is 0. The average molecular weight is 277 g/mol. The van der Waals surface area contributed by atoms with Gasteiger partial charge >= 0.3 is 0 Å². The first-order valence-corrected chi connectivity index (χ1v) is 8.12. The highest BCUT2D eigenvalue weighted by Crippen LogP contribution is 2.31. The van der Waals surface area contributed by atoms with E-state index in [1.165, 1.54) is 11.1 Å². The minimum absolute atomic E-state index is 0.339. The van der Waals surface area contributed by atoms with Gasteiger partial charge in [0, 0.05) is 19.0 Å². The van der Waals surface area contributed by atoms with Gasteiger partial charge in [0.1, 0.15) is 0 Å². The number of amides is 1. The Morgan fingerprint density at radius 1 is 1.20 bits per heavy atom. The van der Waals surface area contributed by atoms with Crippen molar-refractivity contribution in [2.75, 3.05) is 13.1 Å². The second-order valence-electron chi connectivity index (χ2n) is 6.28. The van der Waals surface area contributed by atoms with E-state index in [1.54, 1.807) is 0 Å². The van der Waals surface area contributed by atoms with Crippen LogP contribution in [-0.4, -0.2) is 23.9 Å². The van der Waals surface area contributed by atoms with Crippen LogP contribution < -0.4 is 0 Å². The Kier molecular flexibility index (Phi) is 7.64. The van der Waals surface area contributed by atoms with Crippen molar-refractivity contribution < 1.29 is 4.79 Å². The SMILES string of the molecule is CCCCN(C/C=C(\C)CCC=C(C)C)C(=O)C1CC1. The largest absolute Gasteiger partial charge is 0.339 e.